The van der Waals surface area contributed by atoms with Gasteiger partial charge in [-0.05, 0) is 67.1 Å². The lowest BCUT2D eigenvalue weighted by Crippen LogP contribution is -2.33. The Balaban J connectivity index is 1.12. The minimum absolute atomic E-state index is 0.138. The number of rotatable bonds is 7. The summed E-state index contributed by atoms with van der Waals surface area (Å²) < 4.78 is 7.96. The molecule has 6 rings (SSSR count). The maximum atomic E-state index is 6.32. The topological polar surface area (TPSA) is 146 Å². The number of anilines is 2. The number of fused-ring (bicyclic) bond motifs is 1. The Bertz CT molecular complexity index is 1390. The first-order chi connectivity index (χ1) is 18.1. The van der Waals surface area contributed by atoms with Gasteiger partial charge < -0.3 is 15.4 Å². The number of aryl methyl sites for hydroxylation is 1. The van der Waals surface area contributed by atoms with Crippen LogP contribution in [0.3, 0.4) is 0 Å². The van der Waals surface area contributed by atoms with Crippen LogP contribution in [0.25, 0.3) is 11.2 Å². The minimum Gasteiger partial charge on any atom is -0.367 e. The first-order valence-corrected chi connectivity index (χ1v) is 12.8. The maximum absolute atomic E-state index is 6.32. The number of ether oxygens (including phenoxy) is 1. The Labute approximate surface area is 222 Å². The fraction of sp³-hybridized carbons (Fsp3) is 0.455. The lowest BCUT2D eigenvalue weighted by atomic mass is 9.91. The first-order valence-electron chi connectivity index (χ1n) is 12.1. The van der Waals surface area contributed by atoms with Crippen molar-refractivity contribution in [3.05, 3.63) is 47.8 Å². The number of hydrogen-bond acceptors (Lipinski definition) is 11. The van der Waals surface area contributed by atoms with Crippen LogP contribution in [0.5, 0.6) is 0 Å². The Morgan fingerprint density at radius 2 is 1.81 bits per heavy atom. The van der Waals surface area contributed by atoms with Crippen molar-refractivity contribution < 1.29 is 4.74 Å². The van der Waals surface area contributed by atoms with Crippen molar-refractivity contribution >= 4 is 46.0 Å². The van der Waals surface area contributed by atoms with Gasteiger partial charge in [-0.2, -0.15) is 14.8 Å². The fourth-order valence-electron chi connectivity index (χ4n) is 4.62. The van der Waals surface area contributed by atoms with E-state index in [1.807, 2.05) is 30.4 Å². The van der Waals surface area contributed by atoms with Gasteiger partial charge in [0.25, 0.3) is 0 Å². The Hall–Kier alpha value is -3.16. The fourth-order valence-corrected chi connectivity index (χ4v) is 4.93. The average molecular weight is 543 g/mol. The molecule has 0 aromatic carbocycles. The second kappa shape index (κ2) is 10.3. The third-order valence-electron chi connectivity index (χ3n) is 6.46. The van der Waals surface area contributed by atoms with Crippen molar-refractivity contribution in [3.63, 3.8) is 0 Å². The molecule has 1 saturated carbocycles. The number of nitrogens with one attached hydrogen (secondary N) is 2. The molecular formula is C22H24Cl2N12O. The molecule has 13 nitrogen and oxygen atoms in total. The molecule has 0 amide bonds. The molecule has 2 fully saturated rings. The summed E-state index contributed by atoms with van der Waals surface area (Å²) >= 11 is 12.2. The summed E-state index contributed by atoms with van der Waals surface area (Å²) in [5.74, 6) is 1.86. The van der Waals surface area contributed by atoms with Crippen molar-refractivity contribution in [1.29, 1.82) is 0 Å². The Kier molecular flexibility index (Phi) is 6.74. The predicted octanol–water partition coefficient (Wildman–Crippen LogP) is 3.44. The summed E-state index contributed by atoms with van der Waals surface area (Å²) in [5, 5.41) is 19.8. The summed E-state index contributed by atoms with van der Waals surface area (Å²) in [7, 11) is 0. The molecule has 2 aliphatic rings. The van der Waals surface area contributed by atoms with Crippen LogP contribution in [0.4, 0.5) is 11.6 Å². The van der Waals surface area contributed by atoms with E-state index < -0.39 is 12.3 Å². The van der Waals surface area contributed by atoms with E-state index in [1.54, 1.807) is 12.5 Å². The van der Waals surface area contributed by atoms with Gasteiger partial charge in [-0.1, -0.05) is 0 Å². The summed E-state index contributed by atoms with van der Waals surface area (Å²) in [4.78, 5) is 23.1. The van der Waals surface area contributed by atoms with Crippen LogP contribution in [-0.2, 0) is 11.3 Å². The third-order valence-corrected chi connectivity index (χ3v) is 6.81. The minimum atomic E-state index is -0.431. The van der Waals surface area contributed by atoms with E-state index in [2.05, 4.69) is 51.0 Å². The van der Waals surface area contributed by atoms with Gasteiger partial charge in [-0.25, -0.2) is 15.0 Å². The molecule has 15 heteroatoms. The second-order valence-corrected chi connectivity index (χ2v) is 9.56. The Morgan fingerprint density at radius 1 is 1.00 bits per heavy atom. The van der Waals surface area contributed by atoms with Gasteiger partial charge in [-0.15, -0.1) is 10.2 Å². The van der Waals surface area contributed by atoms with Gasteiger partial charge in [-0.3, -0.25) is 4.57 Å². The molecule has 0 unspecified atom stereocenters. The molecule has 192 valence electrons. The molecule has 5 heterocycles. The molecule has 2 radical (unpaired) electrons. The highest BCUT2D eigenvalue weighted by Crippen LogP contribution is 2.37. The number of halogens is 2. The van der Waals surface area contributed by atoms with Gasteiger partial charge in [0.2, 0.25) is 16.4 Å². The Morgan fingerprint density at radius 3 is 2.57 bits per heavy atom. The number of aromatic nitrogens is 10. The normalized spacial score (nSPS) is 24.0. The van der Waals surface area contributed by atoms with Crippen LogP contribution < -0.4 is 10.6 Å². The smallest absolute Gasteiger partial charge is 0.226 e. The predicted molar refractivity (Wildman–Crippen MR) is 136 cm³/mol. The standard InChI is InChI=1S/C22H24Cl2N12O/c1-2-36-33-18(32-34-36)14-7-8-16(37-14)35-11-26-17-19(30-22(24)31-20(17)35)28-13-5-3-12(4-6-13)27-15-9-10-25-21(23)29-15/h7-14,16H,2-6H2,1H3,(H,25,27,29)(H,28,30,31)/t12-,13-,14-,16-/m1/s1. The summed E-state index contributed by atoms with van der Waals surface area (Å²) in [6.45, 7) is 2.59. The van der Waals surface area contributed by atoms with Crippen molar-refractivity contribution in [1.82, 2.24) is 49.7 Å². The highest BCUT2D eigenvalue weighted by atomic mass is 35.5. The molecule has 0 bridgehead atoms. The van der Waals surface area contributed by atoms with Gasteiger partial charge in [0, 0.05) is 31.1 Å². The van der Waals surface area contributed by atoms with Gasteiger partial charge in [0.15, 0.2) is 17.0 Å². The van der Waals surface area contributed by atoms with Gasteiger partial charge >= 0.3 is 0 Å². The SMILES string of the molecule is CCn1nnc([C@H]2[CH][CH][C@H](n3cnc4c(N[C@H]5CC[C@H](Nc6ccnc(Cl)n6)CC5)nc(Cl)nc43)O2)n1. The van der Waals surface area contributed by atoms with E-state index in [0.29, 0.717) is 35.4 Å². The molecule has 1 aliphatic heterocycles. The van der Waals surface area contributed by atoms with Crippen LogP contribution in [0.1, 0.15) is 50.8 Å². The van der Waals surface area contributed by atoms with Crippen LogP contribution >= 0.6 is 23.2 Å². The summed E-state index contributed by atoms with van der Waals surface area (Å²) in [6.07, 6.45) is 10.1. The number of tetrazole rings is 1. The molecule has 4 aromatic rings. The second-order valence-electron chi connectivity index (χ2n) is 8.88. The number of imidazole rings is 1. The zero-order valence-corrected chi connectivity index (χ0v) is 21.4. The lowest BCUT2D eigenvalue weighted by Gasteiger charge is -2.30. The molecule has 4 aromatic heterocycles. The molecule has 1 saturated heterocycles. The van der Waals surface area contributed by atoms with E-state index in [4.69, 9.17) is 27.9 Å². The monoisotopic (exact) mass is 542 g/mol. The van der Waals surface area contributed by atoms with Gasteiger partial charge in [0.05, 0.1) is 12.9 Å². The quantitative estimate of drug-likeness (QED) is 0.331. The lowest BCUT2D eigenvalue weighted by molar-refractivity contribution is 0.0156. The van der Waals surface area contributed by atoms with Crippen molar-refractivity contribution in [2.24, 2.45) is 0 Å². The highest BCUT2D eigenvalue weighted by Gasteiger charge is 2.33. The number of hydrogen-bond donors (Lipinski definition) is 2. The van der Waals surface area contributed by atoms with Crippen LogP contribution in [0.15, 0.2) is 18.6 Å². The van der Waals surface area contributed by atoms with E-state index in [1.165, 1.54) is 4.80 Å². The summed E-state index contributed by atoms with van der Waals surface area (Å²) in [6, 6.07) is 2.36. The highest BCUT2D eigenvalue weighted by molar-refractivity contribution is 6.28. The molecule has 2 N–H and O–H groups in total. The van der Waals surface area contributed by atoms with Crippen molar-refractivity contribution in [2.75, 3.05) is 10.6 Å². The third kappa shape index (κ3) is 5.15. The summed E-state index contributed by atoms with van der Waals surface area (Å²) in [5.41, 5.74) is 1.22. The largest absolute Gasteiger partial charge is 0.367 e. The zero-order chi connectivity index (χ0) is 25.4. The van der Waals surface area contributed by atoms with E-state index in [0.717, 1.165) is 31.5 Å². The molecule has 1 aliphatic carbocycles. The molecular weight excluding hydrogens is 519 g/mol. The van der Waals surface area contributed by atoms with E-state index in [9.17, 15) is 0 Å². The van der Waals surface area contributed by atoms with Crippen molar-refractivity contribution in [2.45, 2.75) is 63.6 Å². The van der Waals surface area contributed by atoms with Crippen LogP contribution in [0.2, 0.25) is 10.6 Å². The molecule has 0 spiro atoms. The average Bonchev–Trinajstić information content (AvgIpc) is 3.64. The molecule has 37 heavy (non-hydrogen) atoms. The maximum Gasteiger partial charge on any atom is 0.226 e. The zero-order valence-electron chi connectivity index (χ0n) is 19.9. The van der Waals surface area contributed by atoms with E-state index in [-0.39, 0.29) is 16.6 Å². The van der Waals surface area contributed by atoms with E-state index >= 15 is 0 Å². The van der Waals surface area contributed by atoms with Crippen molar-refractivity contribution in [3.8, 4) is 0 Å². The van der Waals surface area contributed by atoms with Crippen LogP contribution in [0, 0.1) is 12.8 Å². The van der Waals surface area contributed by atoms with Gasteiger partial charge in [0.1, 0.15) is 18.1 Å². The van der Waals surface area contributed by atoms with Crippen LogP contribution in [-0.4, -0.2) is 61.8 Å². The molecule has 2 atom stereocenters. The first kappa shape index (κ1) is 24.2. The number of nitrogens with zero attached hydrogens (tertiary/aromatic N) is 10.